The highest BCUT2D eigenvalue weighted by Gasteiger charge is 2.29. The van der Waals surface area contributed by atoms with Gasteiger partial charge in [0.05, 0.1) is 5.92 Å². The van der Waals surface area contributed by atoms with E-state index in [0.29, 0.717) is 0 Å². The Kier molecular flexibility index (Phi) is 6.45. The van der Waals surface area contributed by atoms with E-state index in [-0.39, 0.29) is 25.0 Å². The molecule has 4 N–H and O–H groups in total. The van der Waals surface area contributed by atoms with Crippen LogP contribution in [0.15, 0.2) is 0 Å². The lowest BCUT2D eigenvalue weighted by atomic mass is 9.96. The molecule has 0 aliphatic heterocycles. The highest BCUT2D eigenvalue weighted by molar-refractivity contribution is 5.83. The van der Waals surface area contributed by atoms with Crippen LogP contribution in [-0.4, -0.2) is 47.0 Å². The minimum absolute atomic E-state index is 0.0137. The normalized spacial score (nSPS) is 16.7. The molecule has 1 aliphatic carbocycles. The van der Waals surface area contributed by atoms with Crippen molar-refractivity contribution >= 4 is 17.9 Å². The van der Waals surface area contributed by atoms with Gasteiger partial charge in [0.15, 0.2) is 0 Å². The fourth-order valence-electron chi connectivity index (χ4n) is 2.66. The molecule has 0 aromatic carbocycles. The Labute approximate surface area is 124 Å². The monoisotopic (exact) mass is 299 g/mol. The van der Waals surface area contributed by atoms with Crippen LogP contribution in [0.3, 0.4) is 0 Å². The molecule has 0 spiro atoms. The van der Waals surface area contributed by atoms with Crippen LogP contribution in [0.4, 0.5) is 4.79 Å². The average molecular weight is 299 g/mol. The van der Waals surface area contributed by atoms with Gasteiger partial charge < -0.3 is 21.1 Å². The summed E-state index contributed by atoms with van der Waals surface area (Å²) in [5, 5.41) is 11.7. The molecule has 0 heterocycles. The lowest BCUT2D eigenvalue weighted by Gasteiger charge is -2.28. The number of nitrogens with two attached hydrogens (primary N) is 1. The molecule has 1 atom stereocenters. The van der Waals surface area contributed by atoms with Crippen LogP contribution in [-0.2, 0) is 9.59 Å². The van der Waals surface area contributed by atoms with Gasteiger partial charge in [-0.1, -0.05) is 26.7 Å². The Morgan fingerprint density at radius 1 is 1.29 bits per heavy atom. The molecule has 0 radical (unpaired) electrons. The number of carboxylic acids is 1. The molecule has 1 aliphatic rings. The van der Waals surface area contributed by atoms with Crippen molar-refractivity contribution in [2.45, 2.75) is 45.6 Å². The summed E-state index contributed by atoms with van der Waals surface area (Å²) in [6.07, 6.45) is 3.76. The average Bonchev–Trinajstić information content (AvgIpc) is 2.88. The molecular weight excluding hydrogens is 274 g/mol. The fraction of sp³-hybridized carbons (Fsp3) is 0.786. The van der Waals surface area contributed by atoms with Crippen molar-refractivity contribution in [2.75, 3.05) is 13.1 Å². The molecule has 1 saturated carbocycles. The Bertz CT molecular complexity index is 392. The van der Waals surface area contributed by atoms with Crippen molar-refractivity contribution < 1.29 is 19.5 Å². The summed E-state index contributed by atoms with van der Waals surface area (Å²) in [6.45, 7) is 3.51. The van der Waals surface area contributed by atoms with Crippen molar-refractivity contribution in [3.05, 3.63) is 0 Å². The van der Waals surface area contributed by atoms with Gasteiger partial charge in [-0.2, -0.15) is 0 Å². The van der Waals surface area contributed by atoms with E-state index in [4.69, 9.17) is 10.8 Å². The van der Waals surface area contributed by atoms with E-state index in [1.165, 1.54) is 4.90 Å². The third-order valence-corrected chi connectivity index (χ3v) is 3.95. The summed E-state index contributed by atoms with van der Waals surface area (Å²) in [7, 11) is 0. The maximum absolute atomic E-state index is 12.2. The van der Waals surface area contributed by atoms with E-state index < -0.39 is 23.8 Å². The molecule has 120 valence electrons. The zero-order valence-corrected chi connectivity index (χ0v) is 12.7. The van der Waals surface area contributed by atoms with Crippen LogP contribution in [0.25, 0.3) is 0 Å². The van der Waals surface area contributed by atoms with Gasteiger partial charge in [0, 0.05) is 12.6 Å². The number of urea groups is 1. The molecule has 7 heteroatoms. The maximum atomic E-state index is 12.2. The topological polar surface area (TPSA) is 113 Å². The largest absolute Gasteiger partial charge is 0.481 e. The lowest BCUT2D eigenvalue weighted by Crippen LogP contribution is -2.50. The molecule has 1 rings (SSSR count). The number of carbonyl (C=O) groups excluding carboxylic acids is 2. The number of amides is 3. The molecule has 1 unspecified atom stereocenters. The van der Waals surface area contributed by atoms with E-state index in [0.717, 1.165) is 25.7 Å². The van der Waals surface area contributed by atoms with Gasteiger partial charge in [-0.15, -0.1) is 0 Å². The minimum Gasteiger partial charge on any atom is -0.481 e. The van der Waals surface area contributed by atoms with Crippen molar-refractivity contribution in [3.63, 3.8) is 0 Å². The Morgan fingerprint density at radius 3 is 2.29 bits per heavy atom. The standard InChI is InChI=1S/C14H25N3O4/c1-9(2)11(13(19)20)7-16-14(21)17(8-12(15)18)10-5-3-4-6-10/h9-11H,3-8H2,1-2H3,(H2,15,18)(H,16,21)(H,19,20). The first-order chi connectivity index (χ1) is 9.82. The number of hydrogen-bond acceptors (Lipinski definition) is 3. The molecule has 0 bridgehead atoms. The van der Waals surface area contributed by atoms with E-state index in [1.54, 1.807) is 13.8 Å². The van der Waals surface area contributed by atoms with E-state index in [1.807, 2.05) is 0 Å². The molecule has 7 nitrogen and oxygen atoms in total. The van der Waals surface area contributed by atoms with Crippen molar-refractivity contribution in [3.8, 4) is 0 Å². The summed E-state index contributed by atoms with van der Waals surface area (Å²) < 4.78 is 0. The van der Waals surface area contributed by atoms with Gasteiger partial charge in [-0.05, 0) is 18.8 Å². The second-order valence-electron chi connectivity index (χ2n) is 5.91. The second kappa shape index (κ2) is 7.85. The Hall–Kier alpha value is -1.79. The number of aliphatic carboxylic acids is 1. The first kappa shape index (κ1) is 17.3. The fourth-order valence-corrected chi connectivity index (χ4v) is 2.66. The zero-order chi connectivity index (χ0) is 16.0. The van der Waals surface area contributed by atoms with Gasteiger partial charge in [0.25, 0.3) is 0 Å². The quantitative estimate of drug-likeness (QED) is 0.644. The molecule has 1 fully saturated rings. The smallest absolute Gasteiger partial charge is 0.318 e. The highest BCUT2D eigenvalue weighted by atomic mass is 16.4. The van der Waals surface area contributed by atoms with Crippen LogP contribution >= 0.6 is 0 Å². The Morgan fingerprint density at radius 2 is 1.86 bits per heavy atom. The van der Waals surface area contributed by atoms with E-state index in [9.17, 15) is 14.4 Å². The molecule has 21 heavy (non-hydrogen) atoms. The number of carboxylic acid groups (broad SMARTS) is 1. The number of carbonyl (C=O) groups is 3. The van der Waals surface area contributed by atoms with Crippen molar-refractivity contribution in [1.29, 1.82) is 0 Å². The zero-order valence-electron chi connectivity index (χ0n) is 12.7. The van der Waals surface area contributed by atoms with E-state index >= 15 is 0 Å². The predicted octanol–water partition coefficient (Wildman–Crippen LogP) is 0.783. The van der Waals surface area contributed by atoms with Crippen LogP contribution in [0.5, 0.6) is 0 Å². The van der Waals surface area contributed by atoms with Gasteiger partial charge in [0.1, 0.15) is 6.54 Å². The second-order valence-corrected chi connectivity index (χ2v) is 5.91. The summed E-state index contributed by atoms with van der Waals surface area (Å²) >= 11 is 0. The van der Waals surface area contributed by atoms with Gasteiger partial charge in [-0.3, -0.25) is 9.59 Å². The Balaban J connectivity index is 2.63. The highest BCUT2D eigenvalue weighted by Crippen LogP contribution is 2.23. The molecular formula is C14H25N3O4. The van der Waals surface area contributed by atoms with Crippen LogP contribution in [0.1, 0.15) is 39.5 Å². The van der Waals surface area contributed by atoms with E-state index in [2.05, 4.69) is 5.32 Å². The van der Waals surface area contributed by atoms with Gasteiger partial charge in [-0.25, -0.2) is 4.79 Å². The van der Waals surface area contributed by atoms with Crippen LogP contribution < -0.4 is 11.1 Å². The third-order valence-electron chi connectivity index (χ3n) is 3.95. The summed E-state index contributed by atoms with van der Waals surface area (Å²) in [6, 6.07) is -0.396. The number of hydrogen-bond donors (Lipinski definition) is 3. The number of primary amides is 1. The van der Waals surface area contributed by atoms with Crippen molar-refractivity contribution in [2.24, 2.45) is 17.6 Å². The summed E-state index contributed by atoms with van der Waals surface area (Å²) in [4.78, 5) is 35.9. The minimum atomic E-state index is -0.937. The summed E-state index contributed by atoms with van der Waals surface area (Å²) in [5.74, 6) is -2.23. The molecule has 3 amide bonds. The van der Waals surface area contributed by atoms with Crippen molar-refractivity contribution in [1.82, 2.24) is 10.2 Å². The lowest BCUT2D eigenvalue weighted by molar-refractivity contribution is -0.143. The van der Waals surface area contributed by atoms with Crippen LogP contribution in [0, 0.1) is 11.8 Å². The SMILES string of the molecule is CC(C)C(CNC(=O)N(CC(N)=O)C1CCCC1)C(=O)O. The number of rotatable bonds is 7. The molecule has 0 aromatic rings. The van der Waals surface area contributed by atoms with Crippen LogP contribution in [0.2, 0.25) is 0 Å². The third kappa shape index (κ3) is 5.24. The molecule has 0 aromatic heterocycles. The van der Waals surface area contributed by atoms with Gasteiger partial charge in [0.2, 0.25) is 5.91 Å². The first-order valence-corrected chi connectivity index (χ1v) is 7.38. The summed E-state index contributed by atoms with van der Waals surface area (Å²) in [5.41, 5.74) is 5.20. The first-order valence-electron chi connectivity index (χ1n) is 7.38. The van der Waals surface area contributed by atoms with Gasteiger partial charge >= 0.3 is 12.0 Å². The number of nitrogens with zero attached hydrogens (tertiary/aromatic N) is 1. The number of nitrogens with one attached hydrogen (secondary N) is 1. The molecule has 0 saturated heterocycles. The predicted molar refractivity (Wildman–Crippen MR) is 77.5 cm³/mol. The maximum Gasteiger partial charge on any atom is 0.318 e.